The number of hydrogen-bond acceptors (Lipinski definition) is 15. The van der Waals surface area contributed by atoms with Gasteiger partial charge in [-0.2, -0.15) is 0 Å². The number of carbonyl (C=O) groups is 6. The summed E-state index contributed by atoms with van der Waals surface area (Å²) < 4.78 is 35.7. The molecule has 0 aromatic rings. The number of aliphatic hydroxyl groups excluding tert-OH is 1. The van der Waals surface area contributed by atoms with E-state index in [1.54, 1.807) is 41.1 Å². The molecule has 0 unspecified atom stereocenters. The predicted octanol–water partition coefficient (Wildman–Crippen LogP) is 6.87. The number of fused-ring (bicyclic) bond motifs is 3. The van der Waals surface area contributed by atoms with Gasteiger partial charge in [0.05, 0.1) is 24.9 Å². The molecule has 3 aliphatic heterocycles. The number of esters is 1. The average Bonchev–Trinajstić information content (AvgIpc) is 3.39. The van der Waals surface area contributed by atoms with Gasteiger partial charge in [-0.3, -0.25) is 24.1 Å². The van der Waals surface area contributed by atoms with Gasteiger partial charge in [-0.05, 0) is 120 Å². The Labute approximate surface area is 452 Å². The number of carbonyl (C=O) groups excluding carboxylic acids is 6. The lowest BCUT2D eigenvalue weighted by Crippen LogP contribution is -2.61. The molecular weight excluding hydrogens is 975 g/mol. The summed E-state index contributed by atoms with van der Waals surface area (Å²) in [6.45, 7) is 14.3. The standard InChI is InChI=1S/C59H91N3O14/c1-13-28-61(9)29-19-27-60-58(69)75-48-26-24-44(34-51(48)72-11)33-40(5)50-36-47(63)39(4)32-42(7)53(65)54(73-12)52(64)41(6)31-37(2)20-15-14-16-21-38(3)49(71-10)35-45-25-23-43(8)59(70,76-45)55(66)56(67)62-30-18-17-22-46(62)57(68)74-50/h1,14-16,20-21,32,37,39-41,43-46,48-51,53-54,65,70H,17-19,22-31,33-36H2,2-12H3,(H,60,69)/b16-14+,20-15-,38-21+,42-32+/t37-,39-,40-,41-,43-,44+,45+,46+,48-,49+,50+,51-,53-,54+,59-/m1/s1. The van der Waals surface area contributed by atoms with Gasteiger partial charge in [0, 0.05) is 71.6 Å². The zero-order valence-electron chi connectivity index (χ0n) is 47.3. The number of alkyl carbamates (subject to hydrolysis) is 1. The van der Waals surface area contributed by atoms with E-state index >= 15 is 0 Å². The molecule has 17 nitrogen and oxygen atoms in total. The lowest BCUT2D eigenvalue weighted by molar-refractivity contribution is -0.265. The number of nitrogens with zero attached hydrogens (tertiary/aromatic N) is 2. The number of Topliss-reactive ketones (excluding diaryl/α,β-unsaturated/α-hetero) is 3. The van der Waals surface area contributed by atoms with E-state index in [4.69, 9.17) is 34.8 Å². The number of terminal acetylenes is 1. The fourth-order valence-corrected chi connectivity index (χ4v) is 11.2. The maximum Gasteiger partial charge on any atom is 0.407 e. The molecule has 15 atom stereocenters. The van der Waals surface area contributed by atoms with Crippen LogP contribution in [0.4, 0.5) is 4.79 Å². The molecule has 4 aliphatic rings. The van der Waals surface area contributed by atoms with Crippen molar-refractivity contribution in [2.75, 3.05) is 54.6 Å². The van der Waals surface area contributed by atoms with E-state index in [-0.39, 0.29) is 42.8 Å². The highest BCUT2D eigenvalue weighted by Crippen LogP contribution is 2.38. The van der Waals surface area contributed by atoms with E-state index in [0.717, 1.165) is 5.57 Å². The van der Waals surface area contributed by atoms with Gasteiger partial charge < -0.3 is 48.9 Å². The Hall–Kier alpha value is -4.54. The van der Waals surface area contributed by atoms with Gasteiger partial charge in [0.2, 0.25) is 5.79 Å². The maximum atomic E-state index is 14.6. The predicted molar refractivity (Wildman–Crippen MR) is 288 cm³/mol. The van der Waals surface area contributed by atoms with Gasteiger partial charge >= 0.3 is 12.1 Å². The molecule has 76 heavy (non-hydrogen) atoms. The van der Waals surface area contributed by atoms with Crippen molar-refractivity contribution in [3.8, 4) is 12.3 Å². The van der Waals surface area contributed by atoms with Crippen molar-refractivity contribution in [3.05, 3.63) is 47.6 Å². The summed E-state index contributed by atoms with van der Waals surface area (Å²) in [5.41, 5.74) is 1.24. The number of aliphatic hydroxyl groups is 2. The highest BCUT2D eigenvalue weighted by Gasteiger charge is 2.53. The summed E-state index contributed by atoms with van der Waals surface area (Å²) >= 11 is 0. The van der Waals surface area contributed by atoms with E-state index in [1.807, 2.05) is 70.0 Å². The highest BCUT2D eigenvalue weighted by molar-refractivity contribution is 6.39. The van der Waals surface area contributed by atoms with Gasteiger partial charge in [0.1, 0.15) is 36.2 Å². The van der Waals surface area contributed by atoms with Gasteiger partial charge in [-0.15, -0.1) is 6.42 Å². The molecule has 426 valence electrons. The summed E-state index contributed by atoms with van der Waals surface area (Å²) in [5.74, 6) is -5.75. The Morgan fingerprint density at radius 1 is 0.934 bits per heavy atom. The molecule has 2 bridgehead atoms. The fraction of sp³-hybridized carbons (Fsp3) is 0.729. The van der Waals surface area contributed by atoms with Crippen molar-refractivity contribution in [1.29, 1.82) is 0 Å². The number of hydrogen-bond donors (Lipinski definition) is 3. The zero-order chi connectivity index (χ0) is 56.3. The molecular formula is C59H91N3O14. The lowest BCUT2D eigenvalue weighted by Gasteiger charge is -2.42. The maximum absolute atomic E-state index is 14.6. The summed E-state index contributed by atoms with van der Waals surface area (Å²) in [5, 5.41) is 26.4. The third kappa shape index (κ3) is 18.3. The Morgan fingerprint density at radius 3 is 2.36 bits per heavy atom. The summed E-state index contributed by atoms with van der Waals surface area (Å²) in [4.78, 5) is 87.4. The van der Waals surface area contributed by atoms with Crippen LogP contribution in [0, 0.1) is 47.9 Å². The lowest BCUT2D eigenvalue weighted by atomic mass is 9.78. The number of rotatable bonds is 12. The third-order valence-corrected chi connectivity index (χ3v) is 16.1. The zero-order valence-corrected chi connectivity index (χ0v) is 47.3. The van der Waals surface area contributed by atoms with Crippen LogP contribution in [0.2, 0.25) is 0 Å². The van der Waals surface area contributed by atoms with Crippen molar-refractivity contribution in [3.63, 3.8) is 0 Å². The Kier molecular flexibility index (Phi) is 26.2. The van der Waals surface area contributed by atoms with Crippen molar-refractivity contribution in [2.45, 2.75) is 186 Å². The van der Waals surface area contributed by atoms with Crippen molar-refractivity contribution >= 4 is 35.3 Å². The number of ketones is 3. The number of nitrogens with one attached hydrogen (secondary N) is 1. The molecule has 17 heteroatoms. The van der Waals surface area contributed by atoms with Crippen LogP contribution in [0.5, 0.6) is 0 Å². The fourth-order valence-electron chi connectivity index (χ4n) is 11.2. The Balaban J connectivity index is 1.64. The molecule has 1 saturated carbocycles. The molecule has 3 heterocycles. The number of methoxy groups -OCH3 is 3. The van der Waals surface area contributed by atoms with Crippen LogP contribution in [0.1, 0.15) is 132 Å². The van der Waals surface area contributed by atoms with Crippen LogP contribution >= 0.6 is 0 Å². The molecule has 0 spiro atoms. The molecule has 4 rings (SSSR count). The number of ether oxygens (including phenoxy) is 6. The van der Waals surface area contributed by atoms with E-state index < -0.39 is 102 Å². The van der Waals surface area contributed by atoms with Crippen LogP contribution < -0.4 is 5.32 Å². The SMILES string of the molecule is C#CCN(C)CCCNC(=O)O[C@@H]1CC[C@@H](C[C@@H](C)[C@@H]2CC(=O)[C@H](C)/C=C(\C)[C@@H](O)[C@@H](OC)C(=O)[C@H](C)C[C@H](C)\C=C/C=C/C=C(\C)[C@@H](OC)C[C@@H]3CC[C@@H](C)[C@@](O)(O3)C(=O)C(=O)N3CCCC[C@H]3C(=O)O2)C[C@H]1OC. The molecule has 0 aromatic heterocycles. The largest absolute Gasteiger partial charge is 0.460 e. The number of allylic oxidation sites excluding steroid dienone is 6. The Bertz CT molecular complexity index is 2120. The van der Waals surface area contributed by atoms with E-state index in [1.165, 1.54) is 12.0 Å². The van der Waals surface area contributed by atoms with Crippen molar-refractivity contribution < 1.29 is 67.4 Å². The first-order valence-corrected chi connectivity index (χ1v) is 27.6. The molecule has 2 saturated heterocycles. The molecule has 1 aliphatic carbocycles. The normalized spacial score (nSPS) is 36.1. The first-order chi connectivity index (χ1) is 36.1. The second-order valence-corrected chi connectivity index (χ2v) is 22.2. The topological polar surface area (TPSA) is 217 Å². The second-order valence-electron chi connectivity index (χ2n) is 22.2. The first-order valence-electron chi connectivity index (χ1n) is 27.6. The summed E-state index contributed by atoms with van der Waals surface area (Å²) in [6, 6.07) is -1.18. The van der Waals surface area contributed by atoms with Crippen LogP contribution in [0.3, 0.4) is 0 Å². The molecule has 3 fully saturated rings. The molecule has 0 aromatic carbocycles. The third-order valence-electron chi connectivity index (χ3n) is 16.1. The van der Waals surface area contributed by atoms with E-state index in [9.17, 15) is 39.0 Å². The quantitative estimate of drug-likeness (QED) is 0.0598. The minimum atomic E-state index is -2.46. The Morgan fingerprint density at radius 2 is 1.67 bits per heavy atom. The number of cyclic esters (lactones) is 1. The van der Waals surface area contributed by atoms with Crippen LogP contribution in [-0.2, 0) is 52.4 Å². The van der Waals surface area contributed by atoms with E-state index in [2.05, 4.69) is 11.2 Å². The van der Waals surface area contributed by atoms with Gasteiger partial charge in [-0.25, -0.2) is 9.59 Å². The smallest absolute Gasteiger partial charge is 0.407 e. The van der Waals surface area contributed by atoms with E-state index in [0.29, 0.717) is 95.8 Å². The van der Waals surface area contributed by atoms with Crippen LogP contribution in [0.25, 0.3) is 0 Å². The molecule has 2 amide bonds. The van der Waals surface area contributed by atoms with Crippen LogP contribution in [0.15, 0.2) is 47.6 Å². The van der Waals surface area contributed by atoms with Crippen molar-refractivity contribution in [1.82, 2.24) is 15.1 Å². The highest BCUT2D eigenvalue weighted by atomic mass is 16.6. The van der Waals surface area contributed by atoms with Gasteiger partial charge in [0.15, 0.2) is 5.78 Å². The molecule has 0 radical (unpaired) electrons. The summed E-state index contributed by atoms with van der Waals surface area (Å²) in [7, 11) is 6.43. The number of piperidine rings is 1. The molecule has 3 N–H and O–H groups in total. The second kappa shape index (κ2) is 31.2. The number of amides is 2. The van der Waals surface area contributed by atoms with Crippen molar-refractivity contribution in [2.24, 2.45) is 35.5 Å². The van der Waals surface area contributed by atoms with Crippen LogP contribution in [-0.4, -0.2) is 164 Å². The van der Waals surface area contributed by atoms with Gasteiger partial charge in [0.25, 0.3) is 11.7 Å². The monoisotopic (exact) mass is 1070 g/mol. The average molecular weight is 1070 g/mol. The minimum Gasteiger partial charge on any atom is -0.460 e. The van der Waals surface area contributed by atoms with Gasteiger partial charge in [-0.1, -0.05) is 77.0 Å². The minimum absolute atomic E-state index is 0.00166. The first kappa shape index (κ1) is 64.0. The summed E-state index contributed by atoms with van der Waals surface area (Å²) in [6.07, 6.45) is 16.2.